The zero-order valence-electron chi connectivity index (χ0n) is 15.6. The summed E-state index contributed by atoms with van der Waals surface area (Å²) in [5, 5.41) is 7.24. The monoisotopic (exact) mass is 353 g/mol. The highest BCUT2D eigenvalue weighted by Crippen LogP contribution is 2.34. The first-order valence-corrected chi connectivity index (χ1v) is 9.76. The van der Waals surface area contributed by atoms with E-state index in [4.69, 9.17) is 4.74 Å². The highest BCUT2D eigenvalue weighted by atomic mass is 16.5. The number of amides is 1. The van der Waals surface area contributed by atoms with E-state index in [0.717, 1.165) is 49.8 Å². The molecule has 1 amide bonds. The molecule has 2 aromatic rings. The molecule has 5 heteroatoms. The van der Waals surface area contributed by atoms with Crippen molar-refractivity contribution in [2.75, 3.05) is 0 Å². The lowest BCUT2D eigenvalue weighted by Crippen LogP contribution is -2.44. The van der Waals surface area contributed by atoms with Crippen molar-refractivity contribution in [3.8, 4) is 5.75 Å². The van der Waals surface area contributed by atoms with Crippen molar-refractivity contribution >= 4 is 5.91 Å². The maximum atomic E-state index is 13.2. The van der Waals surface area contributed by atoms with Crippen LogP contribution in [0.4, 0.5) is 0 Å². The number of carbonyl (C=O) groups is 1. The summed E-state index contributed by atoms with van der Waals surface area (Å²) in [6.07, 6.45) is 8.19. The van der Waals surface area contributed by atoms with Gasteiger partial charge in [-0.15, -0.1) is 0 Å². The van der Waals surface area contributed by atoms with Gasteiger partial charge in [0.15, 0.2) is 0 Å². The third kappa shape index (κ3) is 3.48. The Balaban J connectivity index is 1.49. The van der Waals surface area contributed by atoms with Crippen LogP contribution in [0.3, 0.4) is 0 Å². The predicted octanol–water partition coefficient (Wildman–Crippen LogP) is 3.75. The van der Waals surface area contributed by atoms with Gasteiger partial charge in [-0.1, -0.05) is 6.92 Å². The Morgan fingerprint density at radius 2 is 2.04 bits per heavy atom. The highest BCUT2D eigenvalue weighted by Gasteiger charge is 2.39. The summed E-state index contributed by atoms with van der Waals surface area (Å²) in [7, 11) is 0. The first-order valence-electron chi connectivity index (χ1n) is 9.76. The number of aryl methyl sites for hydroxylation is 1. The molecule has 1 fully saturated rings. The lowest BCUT2D eigenvalue weighted by Gasteiger charge is -2.34. The fourth-order valence-corrected chi connectivity index (χ4v) is 3.76. The van der Waals surface area contributed by atoms with E-state index in [2.05, 4.69) is 28.9 Å². The average molecular weight is 353 g/mol. The second kappa shape index (κ2) is 7.14. The second-order valence-electron chi connectivity index (χ2n) is 7.58. The van der Waals surface area contributed by atoms with Gasteiger partial charge in [-0.2, -0.15) is 5.10 Å². The van der Waals surface area contributed by atoms with Gasteiger partial charge < -0.3 is 9.64 Å². The zero-order chi connectivity index (χ0) is 18.1. The van der Waals surface area contributed by atoms with E-state index >= 15 is 0 Å². The van der Waals surface area contributed by atoms with E-state index in [0.29, 0.717) is 6.04 Å². The topological polar surface area (TPSA) is 58.2 Å². The van der Waals surface area contributed by atoms with Crippen LogP contribution in [-0.2, 0) is 12.8 Å². The average Bonchev–Trinajstić information content (AvgIpc) is 3.38. The zero-order valence-corrected chi connectivity index (χ0v) is 15.6. The first-order chi connectivity index (χ1) is 12.7. The Hall–Kier alpha value is -2.30. The molecule has 1 aromatic heterocycles. The van der Waals surface area contributed by atoms with Gasteiger partial charge in [0.1, 0.15) is 5.75 Å². The molecule has 26 heavy (non-hydrogen) atoms. The van der Waals surface area contributed by atoms with Crippen LogP contribution in [0.25, 0.3) is 0 Å². The number of nitrogens with zero attached hydrogens (tertiary/aromatic N) is 2. The van der Waals surface area contributed by atoms with E-state index in [1.807, 2.05) is 30.5 Å². The largest absolute Gasteiger partial charge is 0.491 e. The maximum absolute atomic E-state index is 13.2. The van der Waals surface area contributed by atoms with Crippen molar-refractivity contribution in [2.24, 2.45) is 0 Å². The number of H-pyrrole nitrogens is 1. The minimum atomic E-state index is 0.152. The molecule has 138 valence electrons. The molecule has 2 atom stereocenters. The molecule has 1 aromatic carbocycles. The molecule has 1 saturated carbocycles. The van der Waals surface area contributed by atoms with Gasteiger partial charge in [-0.3, -0.25) is 9.89 Å². The highest BCUT2D eigenvalue weighted by molar-refractivity contribution is 5.95. The standard InChI is InChI=1S/C21H27N3O2/c1-3-14(2)26-19-9-4-15(5-10-19)21(25)24(17-6-7-17)18-8-11-20-16(12-18)13-22-23-20/h4-5,9-10,13-14,17-18H,3,6-8,11-12H2,1-2H3,(H,22,23)/t14-,18?/m1/s1. The molecule has 2 aliphatic rings. The molecule has 4 rings (SSSR count). The van der Waals surface area contributed by atoms with Crippen molar-refractivity contribution in [3.05, 3.63) is 47.3 Å². The van der Waals surface area contributed by atoms with Crippen LogP contribution >= 0.6 is 0 Å². The molecule has 1 unspecified atom stereocenters. The van der Waals surface area contributed by atoms with Crippen molar-refractivity contribution in [1.29, 1.82) is 0 Å². The van der Waals surface area contributed by atoms with Crippen LogP contribution in [0.15, 0.2) is 30.5 Å². The molecular weight excluding hydrogens is 326 g/mol. The molecule has 0 radical (unpaired) electrons. The van der Waals surface area contributed by atoms with Crippen LogP contribution in [-0.4, -0.2) is 39.2 Å². The summed E-state index contributed by atoms with van der Waals surface area (Å²) in [4.78, 5) is 15.4. The van der Waals surface area contributed by atoms with Crippen LogP contribution in [0.5, 0.6) is 5.75 Å². The Bertz CT molecular complexity index is 764. The van der Waals surface area contributed by atoms with Crippen LogP contribution in [0.2, 0.25) is 0 Å². The predicted molar refractivity (Wildman–Crippen MR) is 100 cm³/mol. The molecule has 0 bridgehead atoms. The van der Waals surface area contributed by atoms with E-state index in [1.165, 1.54) is 11.3 Å². The molecule has 1 N–H and O–H groups in total. The fraction of sp³-hybridized carbons (Fsp3) is 0.524. The molecule has 1 heterocycles. The van der Waals surface area contributed by atoms with Gasteiger partial charge in [0, 0.05) is 23.3 Å². The van der Waals surface area contributed by atoms with E-state index in [1.54, 1.807) is 0 Å². The minimum Gasteiger partial charge on any atom is -0.491 e. The lowest BCUT2D eigenvalue weighted by molar-refractivity contribution is 0.0642. The molecule has 5 nitrogen and oxygen atoms in total. The minimum absolute atomic E-state index is 0.152. The van der Waals surface area contributed by atoms with Gasteiger partial charge in [0.2, 0.25) is 0 Å². The molecule has 0 aliphatic heterocycles. The van der Waals surface area contributed by atoms with Gasteiger partial charge in [0.25, 0.3) is 5.91 Å². The summed E-state index contributed by atoms with van der Waals surface area (Å²) < 4.78 is 5.83. The third-order valence-electron chi connectivity index (χ3n) is 5.57. The van der Waals surface area contributed by atoms with E-state index in [-0.39, 0.29) is 18.1 Å². The number of fused-ring (bicyclic) bond motifs is 1. The maximum Gasteiger partial charge on any atom is 0.254 e. The second-order valence-corrected chi connectivity index (χ2v) is 7.58. The third-order valence-corrected chi connectivity index (χ3v) is 5.57. The Labute approximate surface area is 154 Å². The van der Waals surface area contributed by atoms with Crippen molar-refractivity contribution in [1.82, 2.24) is 15.1 Å². The van der Waals surface area contributed by atoms with Crippen molar-refractivity contribution in [3.63, 3.8) is 0 Å². The lowest BCUT2D eigenvalue weighted by atomic mass is 9.92. The number of ether oxygens (including phenoxy) is 1. The number of nitrogens with one attached hydrogen (secondary N) is 1. The first kappa shape index (κ1) is 17.1. The van der Waals surface area contributed by atoms with Gasteiger partial charge in [-0.25, -0.2) is 0 Å². The van der Waals surface area contributed by atoms with E-state index in [9.17, 15) is 4.79 Å². The number of rotatable bonds is 6. The quantitative estimate of drug-likeness (QED) is 0.860. The number of hydrogen-bond acceptors (Lipinski definition) is 3. The van der Waals surface area contributed by atoms with E-state index < -0.39 is 0 Å². The van der Waals surface area contributed by atoms with Gasteiger partial charge in [-0.05, 0) is 75.3 Å². The summed E-state index contributed by atoms with van der Waals surface area (Å²) >= 11 is 0. The number of carbonyl (C=O) groups excluding carboxylic acids is 1. The Kier molecular flexibility index (Phi) is 4.70. The van der Waals surface area contributed by atoms with Gasteiger partial charge in [0.05, 0.1) is 12.3 Å². The van der Waals surface area contributed by atoms with Gasteiger partial charge >= 0.3 is 0 Å². The van der Waals surface area contributed by atoms with Crippen molar-refractivity contribution in [2.45, 2.75) is 70.6 Å². The van der Waals surface area contributed by atoms with Crippen LogP contribution < -0.4 is 4.74 Å². The number of hydrogen-bond donors (Lipinski definition) is 1. The number of aromatic amines is 1. The molecular formula is C21H27N3O2. The molecule has 0 saturated heterocycles. The normalized spacial score (nSPS) is 20.3. The summed E-state index contributed by atoms with van der Waals surface area (Å²) in [5.41, 5.74) is 3.25. The summed E-state index contributed by atoms with van der Waals surface area (Å²) in [6, 6.07) is 8.32. The molecule has 0 spiro atoms. The number of aromatic nitrogens is 2. The van der Waals surface area contributed by atoms with Crippen molar-refractivity contribution < 1.29 is 9.53 Å². The molecule has 2 aliphatic carbocycles. The SMILES string of the molecule is CC[C@@H](C)Oc1ccc(C(=O)N(C2CC2)C2CCc3[nH]ncc3C2)cc1. The summed E-state index contributed by atoms with van der Waals surface area (Å²) in [6.45, 7) is 4.16. The smallest absolute Gasteiger partial charge is 0.254 e. The van der Waals surface area contributed by atoms with Crippen LogP contribution in [0.1, 0.15) is 61.1 Å². The van der Waals surface area contributed by atoms with Crippen LogP contribution in [0, 0.1) is 0 Å². The Morgan fingerprint density at radius 1 is 1.27 bits per heavy atom. The Morgan fingerprint density at radius 3 is 2.73 bits per heavy atom. The summed E-state index contributed by atoms with van der Waals surface area (Å²) in [5.74, 6) is 0.981. The fourth-order valence-electron chi connectivity index (χ4n) is 3.76. The number of benzene rings is 1.